The predicted octanol–water partition coefficient (Wildman–Crippen LogP) is 2.38. The molecule has 1 aliphatic rings. The van der Waals surface area contributed by atoms with Gasteiger partial charge in [0.25, 0.3) is 0 Å². The lowest BCUT2D eigenvalue weighted by molar-refractivity contribution is 0.385. The number of piperazine rings is 1. The van der Waals surface area contributed by atoms with Crippen molar-refractivity contribution in [3.05, 3.63) is 59.7 Å². The first-order chi connectivity index (χ1) is 11.5. The molecule has 5 nitrogen and oxygen atoms in total. The van der Waals surface area contributed by atoms with E-state index >= 15 is 0 Å². The standard InChI is InChI=1S/C18H19N3O2S/c1-15-3-2-4-18(13-15)24(22,23)21-11-9-20(10-12-21)17-7-5-16(14-19)6-8-17/h2-8,13H,9-12H2,1H3. The van der Waals surface area contributed by atoms with Crippen LogP contribution >= 0.6 is 0 Å². The molecule has 3 rings (SSSR count). The number of nitrogens with zero attached hydrogens (tertiary/aromatic N) is 3. The molecule has 0 unspecified atom stereocenters. The van der Waals surface area contributed by atoms with Crippen LogP contribution in [0.15, 0.2) is 53.4 Å². The van der Waals surface area contributed by atoms with E-state index in [1.54, 1.807) is 34.6 Å². The Bertz CT molecular complexity index is 862. The van der Waals surface area contributed by atoms with Crippen LogP contribution in [0.1, 0.15) is 11.1 Å². The molecule has 0 radical (unpaired) electrons. The minimum atomic E-state index is -3.44. The first-order valence-electron chi connectivity index (χ1n) is 7.82. The Morgan fingerprint density at radius 1 is 1.00 bits per heavy atom. The highest BCUT2D eigenvalue weighted by Crippen LogP contribution is 2.22. The molecule has 1 heterocycles. The molecule has 24 heavy (non-hydrogen) atoms. The minimum absolute atomic E-state index is 0.356. The number of hydrogen-bond acceptors (Lipinski definition) is 4. The van der Waals surface area contributed by atoms with Crippen LogP contribution in [0.25, 0.3) is 0 Å². The summed E-state index contributed by atoms with van der Waals surface area (Å²) in [6.45, 7) is 4.07. The summed E-state index contributed by atoms with van der Waals surface area (Å²) in [6.07, 6.45) is 0. The van der Waals surface area contributed by atoms with Gasteiger partial charge in [-0.25, -0.2) is 8.42 Å². The lowest BCUT2D eigenvalue weighted by atomic mass is 10.2. The average Bonchev–Trinajstić information content (AvgIpc) is 2.62. The minimum Gasteiger partial charge on any atom is -0.369 e. The van der Waals surface area contributed by atoms with E-state index in [-0.39, 0.29) is 0 Å². The Labute approximate surface area is 142 Å². The van der Waals surface area contributed by atoms with Gasteiger partial charge in [0, 0.05) is 31.9 Å². The molecule has 1 fully saturated rings. The maximum absolute atomic E-state index is 12.7. The summed E-state index contributed by atoms with van der Waals surface area (Å²) in [5, 5.41) is 8.85. The molecule has 6 heteroatoms. The van der Waals surface area contributed by atoms with E-state index in [0.717, 1.165) is 11.3 Å². The van der Waals surface area contributed by atoms with Crippen molar-refractivity contribution in [1.82, 2.24) is 4.31 Å². The van der Waals surface area contributed by atoms with Crippen molar-refractivity contribution in [2.45, 2.75) is 11.8 Å². The van der Waals surface area contributed by atoms with Gasteiger partial charge in [-0.2, -0.15) is 9.57 Å². The highest BCUT2D eigenvalue weighted by Gasteiger charge is 2.28. The van der Waals surface area contributed by atoms with Gasteiger partial charge in [0.2, 0.25) is 10.0 Å². The topological polar surface area (TPSA) is 64.4 Å². The third-order valence-corrected chi connectivity index (χ3v) is 6.12. The van der Waals surface area contributed by atoms with E-state index in [9.17, 15) is 8.42 Å². The highest BCUT2D eigenvalue weighted by atomic mass is 32.2. The molecule has 0 aromatic heterocycles. The van der Waals surface area contributed by atoms with Crippen LogP contribution in [-0.4, -0.2) is 38.9 Å². The third kappa shape index (κ3) is 3.28. The van der Waals surface area contributed by atoms with Crippen LogP contribution in [0.4, 0.5) is 5.69 Å². The molecule has 2 aromatic carbocycles. The van der Waals surface area contributed by atoms with E-state index in [2.05, 4.69) is 11.0 Å². The van der Waals surface area contributed by atoms with Gasteiger partial charge >= 0.3 is 0 Å². The zero-order valence-corrected chi connectivity index (χ0v) is 14.3. The van der Waals surface area contributed by atoms with Crippen LogP contribution < -0.4 is 4.90 Å². The normalized spacial score (nSPS) is 15.9. The molecule has 0 bridgehead atoms. The van der Waals surface area contributed by atoms with E-state index in [1.807, 2.05) is 25.1 Å². The Kier molecular flexibility index (Phi) is 4.56. The number of nitriles is 1. The summed E-state index contributed by atoms with van der Waals surface area (Å²) >= 11 is 0. The van der Waals surface area contributed by atoms with Gasteiger partial charge in [0.15, 0.2) is 0 Å². The van der Waals surface area contributed by atoms with Crippen LogP contribution in [0.5, 0.6) is 0 Å². The lowest BCUT2D eigenvalue weighted by Crippen LogP contribution is -2.48. The summed E-state index contributed by atoms with van der Waals surface area (Å²) in [6, 6.07) is 16.5. The van der Waals surface area contributed by atoms with Gasteiger partial charge in [0.1, 0.15) is 0 Å². The molecule has 0 spiro atoms. The van der Waals surface area contributed by atoms with Gasteiger partial charge in [-0.3, -0.25) is 0 Å². The van der Waals surface area contributed by atoms with E-state index < -0.39 is 10.0 Å². The van der Waals surface area contributed by atoms with Crippen LogP contribution in [0.2, 0.25) is 0 Å². The molecule has 0 N–H and O–H groups in total. The van der Waals surface area contributed by atoms with Crippen molar-refractivity contribution in [3.8, 4) is 6.07 Å². The fraction of sp³-hybridized carbons (Fsp3) is 0.278. The molecule has 0 amide bonds. The third-order valence-electron chi connectivity index (χ3n) is 4.23. The molecular weight excluding hydrogens is 322 g/mol. The van der Waals surface area contributed by atoms with Crippen molar-refractivity contribution in [2.24, 2.45) is 0 Å². The van der Waals surface area contributed by atoms with Gasteiger partial charge < -0.3 is 4.90 Å². The second-order valence-corrected chi connectivity index (χ2v) is 7.80. The zero-order valence-electron chi connectivity index (χ0n) is 13.5. The number of aryl methyl sites for hydroxylation is 1. The molecule has 2 aromatic rings. The van der Waals surface area contributed by atoms with E-state index in [0.29, 0.717) is 36.6 Å². The summed E-state index contributed by atoms with van der Waals surface area (Å²) < 4.78 is 27.0. The van der Waals surface area contributed by atoms with Crippen molar-refractivity contribution in [1.29, 1.82) is 5.26 Å². The summed E-state index contributed by atoms with van der Waals surface area (Å²) in [7, 11) is -3.44. The number of anilines is 1. The number of sulfonamides is 1. The smallest absolute Gasteiger partial charge is 0.243 e. The van der Waals surface area contributed by atoms with Crippen molar-refractivity contribution >= 4 is 15.7 Å². The fourth-order valence-corrected chi connectivity index (χ4v) is 4.39. The molecule has 0 saturated carbocycles. The second kappa shape index (κ2) is 6.63. The molecular formula is C18H19N3O2S. The molecule has 124 valence electrons. The van der Waals surface area contributed by atoms with Crippen LogP contribution in [0.3, 0.4) is 0 Å². The second-order valence-electron chi connectivity index (χ2n) is 5.87. The van der Waals surface area contributed by atoms with Gasteiger partial charge in [-0.15, -0.1) is 0 Å². The monoisotopic (exact) mass is 341 g/mol. The highest BCUT2D eigenvalue weighted by molar-refractivity contribution is 7.89. The molecule has 0 atom stereocenters. The summed E-state index contributed by atoms with van der Waals surface area (Å²) in [4.78, 5) is 2.50. The largest absolute Gasteiger partial charge is 0.369 e. The quantitative estimate of drug-likeness (QED) is 0.860. The average molecular weight is 341 g/mol. The molecule has 0 aliphatic carbocycles. The number of benzene rings is 2. The Hall–Kier alpha value is -2.36. The summed E-state index contributed by atoms with van der Waals surface area (Å²) in [5.74, 6) is 0. The Morgan fingerprint density at radius 3 is 2.25 bits per heavy atom. The van der Waals surface area contributed by atoms with Gasteiger partial charge in [-0.05, 0) is 48.9 Å². The predicted molar refractivity (Wildman–Crippen MR) is 93.3 cm³/mol. The van der Waals surface area contributed by atoms with Crippen LogP contribution in [-0.2, 0) is 10.0 Å². The SMILES string of the molecule is Cc1cccc(S(=O)(=O)N2CCN(c3ccc(C#N)cc3)CC2)c1. The van der Waals surface area contributed by atoms with Crippen LogP contribution in [0, 0.1) is 18.3 Å². The van der Waals surface area contributed by atoms with E-state index in [1.165, 1.54) is 0 Å². The Morgan fingerprint density at radius 2 is 1.67 bits per heavy atom. The summed E-state index contributed by atoms with van der Waals surface area (Å²) in [5.41, 5.74) is 2.58. The first kappa shape index (κ1) is 16.5. The van der Waals surface area contributed by atoms with Gasteiger partial charge in [0.05, 0.1) is 16.5 Å². The van der Waals surface area contributed by atoms with Crippen molar-refractivity contribution in [2.75, 3.05) is 31.1 Å². The lowest BCUT2D eigenvalue weighted by Gasteiger charge is -2.35. The molecule has 1 aliphatic heterocycles. The maximum Gasteiger partial charge on any atom is 0.243 e. The van der Waals surface area contributed by atoms with Crippen molar-refractivity contribution in [3.63, 3.8) is 0 Å². The number of hydrogen-bond donors (Lipinski definition) is 0. The van der Waals surface area contributed by atoms with Gasteiger partial charge in [-0.1, -0.05) is 12.1 Å². The number of rotatable bonds is 3. The van der Waals surface area contributed by atoms with Crippen molar-refractivity contribution < 1.29 is 8.42 Å². The Balaban J connectivity index is 1.71. The maximum atomic E-state index is 12.7. The van der Waals surface area contributed by atoms with E-state index in [4.69, 9.17) is 5.26 Å². The molecule has 1 saturated heterocycles. The zero-order chi connectivity index (χ0) is 17.2. The first-order valence-corrected chi connectivity index (χ1v) is 9.26. The fourth-order valence-electron chi connectivity index (χ4n) is 2.86.